The molecule has 0 atom stereocenters. The van der Waals surface area contributed by atoms with Gasteiger partial charge in [0, 0.05) is 4.99 Å². The molecule has 0 unspecified atom stereocenters. The van der Waals surface area contributed by atoms with Crippen LogP contribution in [-0.4, -0.2) is 17.5 Å². The molecule has 128 valence electrons. The molecule has 0 spiro atoms. The van der Waals surface area contributed by atoms with Crippen LogP contribution < -0.4 is 9.37 Å². The van der Waals surface area contributed by atoms with Gasteiger partial charge in [0.25, 0.3) is 0 Å². The Labute approximate surface area is 151 Å². The molecule has 2 aromatic carbocycles. The van der Waals surface area contributed by atoms with Gasteiger partial charge in [0.15, 0.2) is 0 Å². The number of aryl methyl sites for hydroxylation is 1. The van der Waals surface area contributed by atoms with Gasteiger partial charge in [-0.15, -0.1) is 0 Å². The highest BCUT2D eigenvalue weighted by atomic mass is 32.2. The molecule has 0 amide bonds. The molecule has 4 aromatic rings. The van der Waals surface area contributed by atoms with Crippen molar-refractivity contribution in [2.45, 2.75) is 5.88 Å². The first-order valence-electron chi connectivity index (χ1n) is 7.36. The first kappa shape index (κ1) is 16.4. The fraction of sp³-hybridized carbons (Fsp3) is 0.125. The third-order valence-electron chi connectivity index (χ3n) is 3.78. The Bertz CT molecular complexity index is 1270. The maximum atomic E-state index is 11.3. The van der Waals surface area contributed by atoms with Crippen molar-refractivity contribution in [3.63, 3.8) is 0 Å². The van der Waals surface area contributed by atoms with Gasteiger partial charge in [-0.05, 0) is 35.6 Å². The predicted octanol–water partition coefficient (Wildman–Crippen LogP) is 2.48. The van der Waals surface area contributed by atoms with Crippen LogP contribution in [0.1, 0.15) is 0 Å². The molecule has 0 saturated heterocycles. The smallest absolute Gasteiger partial charge is 0.386 e. The van der Waals surface area contributed by atoms with Crippen molar-refractivity contribution in [3.05, 3.63) is 53.3 Å². The van der Waals surface area contributed by atoms with Crippen molar-refractivity contribution in [3.8, 4) is 0 Å². The maximum Gasteiger partial charge on any atom is 0.386 e. The largest absolute Gasteiger partial charge is 0.747 e. The van der Waals surface area contributed by atoms with E-state index in [9.17, 15) is 13.0 Å². The Kier molecular flexibility index (Phi) is 3.95. The van der Waals surface area contributed by atoms with Gasteiger partial charge < -0.3 is 4.55 Å². The van der Waals surface area contributed by atoms with Crippen molar-refractivity contribution in [2.24, 2.45) is 12.0 Å². The van der Waals surface area contributed by atoms with Crippen LogP contribution in [0.15, 0.2) is 53.5 Å². The lowest BCUT2D eigenvalue weighted by Crippen LogP contribution is -2.27. The highest BCUT2D eigenvalue weighted by Crippen LogP contribution is 2.26. The van der Waals surface area contributed by atoms with Crippen LogP contribution in [0, 0.1) is 0 Å². The number of hydrogen-bond donors (Lipinski definition) is 0. The van der Waals surface area contributed by atoms with Crippen LogP contribution >= 0.6 is 22.7 Å². The lowest BCUT2D eigenvalue weighted by atomic mass is 10.3. The predicted molar refractivity (Wildman–Crippen MR) is 97.7 cm³/mol. The third kappa shape index (κ3) is 3.11. The van der Waals surface area contributed by atoms with Crippen LogP contribution in [0.5, 0.6) is 0 Å². The van der Waals surface area contributed by atoms with E-state index in [0.717, 1.165) is 20.0 Å². The Balaban J connectivity index is 2.00. The topological polar surface area (TPSA) is 78.4 Å². The van der Waals surface area contributed by atoms with E-state index < -0.39 is 16.0 Å². The van der Waals surface area contributed by atoms with Crippen LogP contribution in [0.2, 0.25) is 0 Å². The van der Waals surface area contributed by atoms with E-state index in [-0.39, 0.29) is 0 Å². The van der Waals surface area contributed by atoms with Gasteiger partial charge in [-0.25, -0.2) is 13.0 Å². The molecule has 0 radical (unpaired) electrons. The summed E-state index contributed by atoms with van der Waals surface area (Å²) in [5, 5.41) is 0.741. The number of rotatable bonds is 3. The molecule has 2 heterocycles. The fourth-order valence-electron chi connectivity index (χ4n) is 2.66. The van der Waals surface area contributed by atoms with Crippen LogP contribution in [0.4, 0.5) is 5.13 Å². The molecular weight excluding hydrogens is 378 g/mol. The van der Waals surface area contributed by atoms with E-state index in [1.807, 2.05) is 54.1 Å². The summed E-state index contributed by atoms with van der Waals surface area (Å²) in [6, 6.07) is 15.3. The molecule has 0 N–H and O–H groups in total. The van der Waals surface area contributed by atoms with Crippen molar-refractivity contribution < 1.29 is 17.5 Å². The van der Waals surface area contributed by atoms with Gasteiger partial charge in [0.2, 0.25) is 0 Å². The number of fused-ring (bicyclic) bond motifs is 2. The minimum Gasteiger partial charge on any atom is -0.747 e. The molecule has 0 aliphatic rings. The molecule has 25 heavy (non-hydrogen) atoms. The van der Waals surface area contributed by atoms with Crippen LogP contribution in [0.3, 0.4) is 0 Å². The molecule has 0 aliphatic heterocycles. The minimum atomic E-state index is -4.43. The normalized spacial score (nSPS) is 13.1. The highest BCUT2D eigenvalue weighted by Gasteiger charge is 2.17. The number of hydrogen-bond acceptors (Lipinski definition) is 6. The van der Waals surface area contributed by atoms with E-state index in [1.165, 1.54) is 27.2 Å². The first-order chi connectivity index (χ1) is 11.9. The number of nitrogens with zero attached hydrogens (tertiary/aromatic N) is 3. The van der Waals surface area contributed by atoms with Gasteiger partial charge in [0.05, 0.1) is 22.0 Å². The summed E-state index contributed by atoms with van der Waals surface area (Å²) < 4.78 is 39.4. The number of aromatic nitrogens is 2. The first-order valence-corrected chi connectivity index (χ1v) is 10.6. The molecule has 4 rings (SSSR count). The summed E-state index contributed by atoms with van der Waals surface area (Å²) in [6.07, 6.45) is 0. The summed E-state index contributed by atoms with van der Waals surface area (Å²) in [5.41, 5.74) is 1.74. The highest BCUT2D eigenvalue weighted by molar-refractivity contribution is 7.84. The molecule has 0 fully saturated rings. The van der Waals surface area contributed by atoms with Gasteiger partial charge in [-0.3, -0.25) is 4.57 Å². The molecule has 0 aliphatic carbocycles. The average molecular weight is 391 g/mol. The molecule has 2 aromatic heterocycles. The lowest BCUT2D eigenvalue weighted by Gasteiger charge is -2.07. The molecule has 0 bridgehead atoms. The zero-order valence-electron chi connectivity index (χ0n) is 13.1. The number of thiazole rings is 2. The van der Waals surface area contributed by atoms with Gasteiger partial charge >= 0.3 is 9.93 Å². The Morgan fingerprint density at radius 2 is 1.76 bits per heavy atom. The Morgan fingerprint density at radius 1 is 1.08 bits per heavy atom. The monoisotopic (exact) mass is 391 g/mol. The van der Waals surface area contributed by atoms with Crippen molar-refractivity contribution in [2.75, 3.05) is 0 Å². The zero-order chi connectivity index (χ0) is 17.6. The summed E-state index contributed by atoms with van der Waals surface area (Å²) >= 11 is 2.88. The fourth-order valence-corrected chi connectivity index (χ4v) is 5.43. The standard InChI is InChI=1S/C16H13N3O3S3/c1-18-11-6-2-4-8-13(11)23-15(18)17-16-19(10-25(20,21)22)12-7-3-5-9-14(12)24-16/h2-9H,10H2,1H3. The number of para-hydroxylation sites is 2. The molecule has 9 heteroatoms. The van der Waals surface area contributed by atoms with Crippen molar-refractivity contribution in [1.29, 1.82) is 0 Å². The van der Waals surface area contributed by atoms with Crippen LogP contribution in [0.25, 0.3) is 20.4 Å². The van der Waals surface area contributed by atoms with Crippen LogP contribution in [-0.2, 0) is 23.0 Å². The Hall–Kier alpha value is -2.07. The second-order valence-electron chi connectivity index (χ2n) is 5.49. The zero-order valence-corrected chi connectivity index (χ0v) is 15.6. The van der Waals surface area contributed by atoms with Gasteiger partial charge in [-0.2, -0.15) is 0 Å². The second kappa shape index (κ2) is 6.03. The summed E-state index contributed by atoms with van der Waals surface area (Å²) in [4.78, 5) is 5.15. The SMILES string of the molecule is C[n+]1c(/N=c2\sc3ccccc3n2CS(=O)(=O)[O-])sc2ccccc21. The molecular formula is C16H13N3O3S3. The van der Waals surface area contributed by atoms with E-state index in [0.29, 0.717) is 10.3 Å². The van der Waals surface area contributed by atoms with E-state index in [4.69, 9.17) is 0 Å². The third-order valence-corrected chi connectivity index (χ3v) is 6.53. The molecule has 0 saturated carbocycles. The van der Waals surface area contributed by atoms with E-state index in [2.05, 4.69) is 4.99 Å². The van der Waals surface area contributed by atoms with Gasteiger partial charge in [0.1, 0.15) is 21.5 Å². The number of benzene rings is 2. The quantitative estimate of drug-likeness (QED) is 0.398. The van der Waals surface area contributed by atoms with Gasteiger partial charge in [-0.1, -0.05) is 35.6 Å². The minimum absolute atomic E-state index is 0.489. The van der Waals surface area contributed by atoms with E-state index >= 15 is 0 Å². The second-order valence-corrected chi connectivity index (χ2v) is 8.88. The average Bonchev–Trinajstić information content (AvgIpc) is 3.06. The molecule has 6 nitrogen and oxygen atoms in total. The Morgan fingerprint density at radius 3 is 2.48 bits per heavy atom. The summed E-state index contributed by atoms with van der Waals surface area (Å²) in [7, 11) is -2.52. The maximum absolute atomic E-state index is 11.3. The van der Waals surface area contributed by atoms with Crippen molar-refractivity contribution in [1.82, 2.24) is 4.57 Å². The summed E-state index contributed by atoms with van der Waals surface area (Å²) in [5.74, 6) is -0.634. The lowest BCUT2D eigenvalue weighted by molar-refractivity contribution is -0.627. The van der Waals surface area contributed by atoms with Crippen molar-refractivity contribution >= 4 is 58.4 Å². The summed E-state index contributed by atoms with van der Waals surface area (Å²) in [6.45, 7) is 0. The van der Waals surface area contributed by atoms with E-state index in [1.54, 1.807) is 6.07 Å².